The Morgan fingerprint density at radius 2 is 1.57 bits per heavy atom. The summed E-state index contributed by atoms with van der Waals surface area (Å²) >= 11 is 0. The summed E-state index contributed by atoms with van der Waals surface area (Å²) in [7, 11) is 0. The van der Waals surface area contributed by atoms with E-state index >= 15 is 0 Å². The van der Waals surface area contributed by atoms with Crippen LogP contribution in [-0.4, -0.2) is 22.9 Å². The molecule has 2 heteroatoms. The number of rotatable bonds is 9. The number of unbranched alkanes of at least 4 members (excludes halogenated alkanes) is 3. The van der Waals surface area contributed by atoms with E-state index in [1.165, 1.54) is 12.8 Å². The Kier molecular flexibility index (Phi) is 9.42. The van der Waals surface area contributed by atoms with E-state index in [0.717, 1.165) is 32.1 Å². The molecule has 0 bridgehead atoms. The van der Waals surface area contributed by atoms with Crippen LogP contribution < -0.4 is 0 Å². The van der Waals surface area contributed by atoms with E-state index < -0.39 is 0 Å². The molecule has 0 radical (unpaired) electrons. The highest BCUT2D eigenvalue weighted by atomic mass is 16.3. The van der Waals surface area contributed by atoms with E-state index in [1.54, 1.807) is 0 Å². The van der Waals surface area contributed by atoms with Gasteiger partial charge in [0.25, 0.3) is 0 Å². The number of hydrogen-bond acceptors (Lipinski definition) is 2. The zero-order valence-electron chi connectivity index (χ0n) is 9.71. The van der Waals surface area contributed by atoms with E-state index in [1.807, 2.05) is 0 Å². The average molecular weight is 202 g/mol. The molecule has 0 aromatic carbocycles. The van der Waals surface area contributed by atoms with Crippen molar-refractivity contribution in [1.82, 2.24) is 0 Å². The Morgan fingerprint density at radius 3 is 2.07 bits per heavy atom. The van der Waals surface area contributed by atoms with Gasteiger partial charge in [-0.1, -0.05) is 46.0 Å². The SMILES string of the molecule is CCCCC[C@H](O)[C@H](CO)CCCC. The molecule has 0 saturated carbocycles. The van der Waals surface area contributed by atoms with Crippen LogP contribution in [-0.2, 0) is 0 Å². The van der Waals surface area contributed by atoms with Gasteiger partial charge in [-0.2, -0.15) is 0 Å². The van der Waals surface area contributed by atoms with Gasteiger partial charge in [0.15, 0.2) is 0 Å². The summed E-state index contributed by atoms with van der Waals surface area (Å²) in [6, 6.07) is 0. The number of aliphatic hydroxyl groups is 2. The predicted octanol–water partition coefficient (Wildman–Crippen LogP) is 2.73. The second kappa shape index (κ2) is 9.47. The van der Waals surface area contributed by atoms with Crippen molar-refractivity contribution in [2.45, 2.75) is 64.9 Å². The summed E-state index contributed by atoms with van der Waals surface area (Å²) in [5.41, 5.74) is 0. The molecule has 14 heavy (non-hydrogen) atoms. The molecule has 0 aliphatic rings. The first kappa shape index (κ1) is 13.9. The predicted molar refractivity (Wildman–Crippen MR) is 60.2 cm³/mol. The maximum Gasteiger partial charge on any atom is 0.0590 e. The van der Waals surface area contributed by atoms with E-state index in [2.05, 4.69) is 13.8 Å². The van der Waals surface area contributed by atoms with Crippen LogP contribution in [0, 0.1) is 5.92 Å². The Bertz CT molecular complexity index is 115. The minimum absolute atomic E-state index is 0.104. The van der Waals surface area contributed by atoms with Crippen molar-refractivity contribution < 1.29 is 10.2 Å². The fourth-order valence-corrected chi connectivity index (χ4v) is 1.71. The molecule has 0 aliphatic carbocycles. The summed E-state index contributed by atoms with van der Waals surface area (Å²) in [4.78, 5) is 0. The van der Waals surface area contributed by atoms with Crippen LogP contribution in [0.5, 0.6) is 0 Å². The lowest BCUT2D eigenvalue weighted by Crippen LogP contribution is -2.23. The molecular formula is C12H26O2. The molecule has 0 aromatic heterocycles. The molecule has 0 fully saturated rings. The second-order valence-electron chi connectivity index (χ2n) is 4.15. The van der Waals surface area contributed by atoms with Crippen LogP contribution in [0.3, 0.4) is 0 Å². The minimum atomic E-state index is -0.293. The molecule has 0 rings (SSSR count). The quantitative estimate of drug-likeness (QED) is 0.564. The van der Waals surface area contributed by atoms with Gasteiger partial charge < -0.3 is 10.2 Å². The van der Waals surface area contributed by atoms with E-state index in [0.29, 0.717) is 0 Å². The first-order chi connectivity index (χ1) is 6.76. The monoisotopic (exact) mass is 202 g/mol. The Morgan fingerprint density at radius 1 is 0.929 bits per heavy atom. The molecule has 0 amide bonds. The molecule has 0 unspecified atom stereocenters. The van der Waals surface area contributed by atoms with Gasteiger partial charge in [-0.15, -0.1) is 0 Å². The third-order valence-corrected chi connectivity index (χ3v) is 2.81. The molecular weight excluding hydrogens is 176 g/mol. The first-order valence-corrected chi connectivity index (χ1v) is 6.05. The van der Waals surface area contributed by atoms with Gasteiger partial charge in [0.05, 0.1) is 6.10 Å². The lowest BCUT2D eigenvalue weighted by molar-refractivity contribution is 0.0532. The highest BCUT2D eigenvalue weighted by molar-refractivity contribution is 4.68. The zero-order chi connectivity index (χ0) is 10.8. The zero-order valence-corrected chi connectivity index (χ0v) is 9.71. The molecule has 0 aromatic rings. The van der Waals surface area contributed by atoms with E-state index in [9.17, 15) is 5.11 Å². The van der Waals surface area contributed by atoms with Gasteiger partial charge in [0, 0.05) is 12.5 Å². The van der Waals surface area contributed by atoms with Crippen molar-refractivity contribution >= 4 is 0 Å². The Balaban J connectivity index is 3.61. The summed E-state index contributed by atoms with van der Waals surface area (Å²) in [6.07, 6.45) is 7.21. The first-order valence-electron chi connectivity index (χ1n) is 6.05. The van der Waals surface area contributed by atoms with E-state index in [-0.39, 0.29) is 18.6 Å². The fraction of sp³-hybridized carbons (Fsp3) is 1.00. The topological polar surface area (TPSA) is 40.5 Å². The molecule has 2 atom stereocenters. The highest BCUT2D eigenvalue weighted by Gasteiger charge is 2.16. The smallest absolute Gasteiger partial charge is 0.0590 e. The molecule has 2 N–H and O–H groups in total. The van der Waals surface area contributed by atoms with Crippen molar-refractivity contribution in [3.8, 4) is 0 Å². The van der Waals surface area contributed by atoms with Gasteiger partial charge >= 0.3 is 0 Å². The minimum Gasteiger partial charge on any atom is -0.396 e. The van der Waals surface area contributed by atoms with Crippen LogP contribution in [0.15, 0.2) is 0 Å². The molecule has 2 nitrogen and oxygen atoms in total. The third kappa shape index (κ3) is 6.39. The second-order valence-corrected chi connectivity index (χ2v) is 4.15. The standard InChI is InChI=1S/C12H26O2/c1-3-5-7-9-12(14)11(10-13)8-6-4-2/h11-14H,3-10H2,1-2H3/t11-,12-/m0/s1. The van der Waals surface area contributed by atoms with Gasteiger partial charge in [-0.25, -0.2) is 0 Å². The average Bonchev–Trinajstić information content (AvgIpc) is 2.19. The van der Waals surface area contributed by atoms with Crippen molar-refractivity contribution in [2.75, 3.05) is 6.61 Å². The molecule has 0 heterocycles. The van der Waals surface area contributed by atoms with Crippen LogP contribution in [0.4, 0.5) is 0 Å². The Hall–Kier alpha value is -0.0800. The summed E-state index contributed by atoms with van der Waals surface area (Å²) < 4.78 is 0. The lowest BCUT2D eigenvalue weighted by atomic mass is 9.93. The van der Waals surface area contributed by atoms with Crippen molar-refractivity contribution in [2.24, 2.45) is 5.92 Å². The summed E-state index contributed by atoms with van der Waals surface area (Å²) in [5, 5.41) is 18.9. The lowest BCUT2D eigenvalue weighted by Gasteiger charge is -2.20. The van der Waals surface area contributed by atoms with Gasteiger partial charge in [0.1, 0.15) is 0 Å². The van der Waals surface area contributed by atoms with Crippen LogP contribution in [0.1, 0.15) is 58.8 Å². The third-order valence-electron chi connectivity index (χ3n) is 2.81. The highest BCUT2D eigenvalue weighted by Crippen LogP contribution is 2.17. The Labute approximate surface area is 88.3 Å². The molecule has 0 saturated heterocycles. The number of aliphatic hydroxyl groups excluding tert-OH is 2. The molecule has 0 aliphatic heterocycles. The van der Waals surface area contributed by atoms with Gasteiger partial charge in [0.2, 0.25) is 0 Å². The fourth-order valence-electron chi connectivity index (χ4n) is 1.71. The van der Waals surface area contributed by atoms with Crippen molar-refractivity contribution in [3.05, 3.63) is 0 Å². The van der Waals surface area contributed by atoms with Crippen molar-refractivity contribution in [1.29, 1.82) is 0 Å². The van der Waals surface area contributed by atoms with Crippen molar-refractivity contribution in [3.63, 3.8) is 0 Å². The van der Waals surface area contributed by atoms with Gasteiger partial charge in [-0.3, -0.25) is 0 Å². The van der Waals surface area contributed by atoms with Gasteiger partial charge in [-0.05, 0) is 12.8 Å². The largest absolute Gasteiger partial charge is 0.396 e. The summed E-state index contributed by atoms with van der Waals surface area (Å²) in [5.74, 6) is 0.104. The van der Waals surface area contributed by atoms with E-state index in [4.69, 9.17) is 5.11 Å². The number of hydrogen-bond donors (Lipinski definition) is 2. The van der Waals surface area contributed by atoms with Crippen LogP contribution >= 0.6 is 0 Å². The van der Waals surface area contributed by atoms with Crippen LogP contribution in [0.2, 0.25) is 0 Å². The molecule has 0 spiro atoms. The molecule has 86 valence electrons. The maximum atomic E-state index is 9.80. The maximum absolute atomic E-state index is 9.80. The summed E-state index contributed by atoms with van der Waals surface area (Å²) in [6.45, 7) is 4.43. The van der Waals surface area contributed by atoms with Crippen LogP contribution in [0.25, 0.3) is 0 Å². The normalized spacial score (nSPS) is 15.4.